The van der Waals surface area contributed by atoms with Crippen LogP contribution < -0.4 is 11.5 Å². The number of halogens is 1. The molecule has 1 amide bonds. The summed E-state index contributed by atoms with van der Waals surface area (Å²) in [5.41, 5.74) is 13.7. The monoisotopic (exact) mass is 301 g/mol. The van der Waals surface area contributed by atoms with E-state index in [4.69, 9.17) is 23.1 Å². The molecule has 21 heavy (non-hydrogen) atoms. The molecule has 3 rings (SSSR count). The first-order chi connectivity index (χ1) is 9.99. The number of hydrogen-bond acceptors (Lipinski definition) is 2. The van der Waals surface area contributed by atoms with Crippen molar-refractivity contribution in [2.75, 3.05) is 0 Å². The van der Waals surface area contributed by atoms with E-state index in [0.717, 1.165) is 16.7 Å². The van der Waals surface area contributed by atoms with Crippen molar-refractivity contribution in [3.05, 3.63) is 58.1 Å². The summed E-state index contributed by atoms with van der Waals surface area (Å²) in [6, 6.07) is 10.3. The first-order valence-electron chi connectivity index (χ1n) is 6.24. The van der Waals surface area contributed by atoms with Crippen molar-refractivity contribution in [3.8, 4) is 11.1 Å². The number of aliphatic hydroxyl groups excluding tert-OH is 1. The van der Waals surface area contributed by atoms with Gasteiger partial charge in [0.15, 0.2) is 5.96 Å². The number of aliphatic imine (C=N–C) groups is 1. The Morgan fingerprint density at radius 2 is 1.95 bits per heavy atom. The average molecular weight is 302 g/mol. The zero-order valence-corrected chi connectivity index (χ0v) is 11.6. The second-order valence-corrected chi connectivity index (χ2v) is 5.16. The van der Waals surface area contributed by atoms with Crippen molar-refractivity contribution in [2.45, 2.75) is 6.10 Å². The summed E-state index contributed by atoms with van der Waals surface area (Å²) in [4.78, 5) is 15.3. The predicted octanol–water partition coefficient (Wildman–Crippen LogP) is 1.82. The number of guanidine groups is 1. The molecule has 1 aliphatic rings. The summed E-state index contributed by atoms with van der Waals surface area (Å²) in [5, 5.41) is 11.0. The van der Waals surface area contributed by atoms with Gasteiger partial charge in [-0.3, -0.25) is 4.79 Å². The Labute approximate surface area is 125 Å². The van der Waals surface area contributed by atoms with Gasteiger partial charge in [0.25, 0.3) is 5.91 Å². The molecule has 0 aliphatic heterocycles. The highest BCUT2D eigenvalue weighted by atomic mass is 35.5. The lowest BCUT2D eigenvalue weighted by molar-refractivity contribution is 0.100. The van der Waals surface area contributed by atoms with Crippen LogP contribution in [-0.2, 0) is 0 Å². The van der Waals surface area contributed by atoms with Crippen molar-refractivity contribution in [1.82, 2.24) is 0 Å². The number of nitrogens with two attached hydrogens (primary N) is 2. The molecule has 106 valence electrons. The minimum Gasteiger partial charge on any atom is -0.384 e. The van der Waals surface area contributed by atoms with Gasteiger partial charge in [-0.25, -0.2) is 0 Å². The van der Waals surface area contributed by atoms with Crippen LogP contribution in [-0.4, -0.2) is 17.0 Å². The Bertz CT molecular complexity index is 782. The van der Waals surface area contributed by atoms with Crippen LogP contribution in [0.1, 0.15) is 27.6 Å². The smallest absolute Gasteiger partial charge is 0.280 e. The highest BCUT2D eigenvalue weighted by Gasteiger charge is 2.29. The van der Waals surface area contributed by atoms with E-state index in [1.807, 2.05) is 6.07 Å². The fourth-order valence-corrected chi connectivity index (χ4v) is 2.84. The zero-order valence-electron chi connectivity index (χ0n) is 10.9. The molecule has 0 saturated carbocycles. The van der Waals surface area contributed by atoms with Crippen molar-refractivity contribution in [3.63, 3.8) is 0 Å². The molecule has 5 N–H and O–H groups in total. The van der Waals surface area contributed by atoms with Crippen molar-refractivity contribution in [1.29, 1.82) is 0 Å². The molecule has 0 saturated heterocycles. The molecule has 0 bridgehead atoms. The van der Waals surface area contributed by atoms with E-state index in [2.05, 4.69) is 4.99 Å². The van der Waals surface area contributed by atoms with Gasteiger partial charge in [-0.05, 0) is 34.9 Å². The number of fused-ring (bicyclic) bond motifs is 3. The third kappa shape index (κ3) is 2.16. The first kappa shape index (κ1) is 13.6. The van der Waals surface area contributed by atoms with Gasteiger partial charge in [0.2, 0.25) is 0 Å². The van der Waals surface area contributed by atoms with Crippen molar-refractivity contribution in [2.24, 2.45) is 16.5 Å². The largest absolute Gasteiger partial charge is 0.384 e. The summed E-state index contributed by atoms with van der Waals surface area (Å²) in [7, 11) is 0. The van der Waals surface area contributed by atoms with Gasteiger partial charge < -0.3 is 16.6 Å². The van der Waals surface area contributed by atoms with Crippen LogP contribution in [0.5, 0.6) is 0 Å². The summed E-state index contributed by atoms with van der Waals surface area (Å²) < 4.78 is 0. The minimum atomic E-state index is -0.819. The summed E-state index contributed by atoms with van der Waals surface area (Å²) in [5.74, 6) is -0.848. The minimum absolute atomic E-state index is 0.299. The summed E-state index contributed by atoms with van der Waals surface area (Å²) >= 11 is 6.20. The number of aliphatic hydroxyl groups is 1. The van der Waals surface area contributed by atoms with E-state index in [1.165, 1.54) is 0 Å². The van der Waals surface area contributed by atoms with Gasteiger partial charge in [-0.15, -0.1) is 0 Å². The van der Waals surface area contributed by atoms with Crippen LogP contribution in [0.2, 0.25) is 5.02 Å². The topological polar surface area (TPSA) is 102 Å². The molecule has 0 heterocycles. The molecule has 1 aliphatic carbocycles. The van der Waals surface area contributed by atoms with Gasteiger partial charge in [-0.1, -0.05) is 29.8 Å². The van der Waals surface area contributed by atoms with E-state index in [1.54, 1.807) is 30.3 Å². The van der Waals surface area contributed by atoms with Crippen LogP contribution in [0.25, 0.3) is 11.1 Å². The van der Waals surface area contributed by atoms with Crippen LogP contribution in [0.4, 0.5) is 0 Å². The lowest BCUT2D eigenvalue weighted by Crippen LogP contribution is -2.24. The van der Waals surface area contributed by atoms with Gasteiger partial charge in [0.1, 0.15) is 6.10 Å². The Hall–Kier alpha value is -2.37. The maximum atomic E-state index is 11.8. The molecular formula is C15H12ClN3O2. The molecule has 1 atom stereocenters. The first-order valence-corrected chi connectivity index (χ1v) is 6.61. The molecule has 0 fully saturated rings. The number of amides is 1. The third-order valence-electron chi connectivity index (χ3n) is 3.43. The number of hydrogen-bond donors (Lipinski definition) is 3. The fourth-order valence-electron chi connectivity index (χ4n) is 2.55. The average Bonchev–Trinajstić information content (AvgIpc) is 2.72. The van der Waals surface area contributed by atoms with Crippen molar-refractivity contribution >= 4 is 23.5 Å². The Balaban J connectivity index is 2.13. The lowest BCUT2D eigenvalue weighted by Gasteiger charge is -2.06. The summed E-state index contributed by atoms with van der Waals surface area (Å²) in [6.45, 7) is 0. The van der Waals surface area contributed by atoms with Gasteiger partial charge >= 0.3 is 0 Å². The number of carbonyl (C=O) groups excluding carboxylic acids is 1. The molecule has 0 radical (unpaired) electrons. The standard InChI is InChI=1S/C15H12ClN3O2/c16-11-3-1-2-9-12(11)8-5-4-7(6-10(8)13(9)20)14(21)19-15(17)18/h1-6,13,20H,(H4,17,18,19,21). The predicted molar refractivity (Wildman–Crippen MR) is 81.1 cm³/mol. The molecule has 2 aromatic rings. The van der Waals surface area contributed by atoms with Crippen molar-refractivity contribution < 1.29 is 9.90 Å². The highest BCUT2D eigenvalue weighted by Crippen LogP contribution is 2.46. The van der Waals surface area contributed by atoms with E-state index in [0.29, 0.717) is 16.1 Å². The van der Waals surface area contributed by atoms with E-state index < -0.39 is 12.0 Å². The maximum Gasteiger partial charge on any atom is 0.280 e. The Kier molecular flexibility index (Phi) is 3.16. The van der Waals surface area contributed by atoms with E-state index >= 15 is 0 Å². The second-order valence-electron chi connectivity index (χ2n) is 4.75. The molecule has 1 unspecified atom stereocenters. The van der Waals surface area contributed by atoms with E-state index in [9.17, 15) is 9.90 Å². The van der Waals surface area contributed by atoms with Crippen LogP contribution >= 0.6 is 11.6 Å². The third-order valence-corrected chi connectivity index (χ3v) is 3.75. The Morgan fingerprint density at radius 3 is 2.67 bits per heavy atom. The number of carbonyl (C=O) groups is 1. The quantitative estimate of drug-likeness (QED) is 0.552. The normalized spacial score (nSPS) is 15.2. The summed E-state index contributed by atoms with van der Waals surface area (Å²) in [6.07, 6.45) is -0.819. The molecular weight excluding hydrogens is 290 g/mol. The fraction of sp³-hybridized carbons (Fsp3) is 0.0667. The Morgan fingerprint density at radius 1 is 1.19 bits per heavy atom. The second kappa shape index (κ2) is 4.87. The molecule has 0 spiro atoms. The lowest BCUT2D eigenvalue weighted by atomic mass is 10.0. The highest BCUT2D eigenvalue weighted by molar-refractivity contribution is 6.33. The molecule has 6 heteroatoms. The van der Waals surface area contributed by atoms with E-state index in [-0.39, 0.29) is 5.96 Å². The molecule has 0 aromatic heterocycles. The van der Waals surface area contributed by atoms with Crippen LogP contribution in [0.3, 0.4) is 0 Å². The number of rotatable bonds is 1. The van der Waals surface area contributed by atoms with Gasteiger partial charge in [0, 0.05) is 16.1 Å². The van der Waals surface area contributed by atoms with Crippen LogP contribution in [0, 0.1) is 0 Å². The number of benzene rings is 2. The molecule has 5 nitrogen and oxygen atoms in total. The SMILES string of the molecule is NC(N)=NC(=O)c1ccc2c(c1)C(O)c1cccc(Cl)c1-2. The zero-order chi connectivity index (χ0) is 15.1. The van der Waals surface area contributed by atoms with Gasteiger partial charge in [-0.2, -0.15) is 4.99 Å². The number of nitrogens with zero attached hydrogens (tertiary/aromatic N) is 1. The van der Waals surface area contributed by atoms with Gasteiger partial charge in [0.05, 0.1) is 0 Å². The molecule has 2 aromatic carbocycles. The maximum absolute atomic E-state index is 11.8. The van der Waals surface area contributed by atoms with Crippen LogP contribution in [0.15, 0.2) is 41.4 Å².